The molecule has 0 fully saturated rings. The standard InChI is InChI=1S/C14H10N2O2/c17-13-14(9-3-1-2-4-11(9)16-13)8-18-12-5-6-15-7-10(12)14/h1-7H,8H2,(H,16,17). The van der Waals surface area contributed by atoms with Gasteiger partial charge in [0.1, 0.15) is 17.8 Å². The molecule has 4 rings (SSSR count). The van der Waals surface area contributed by atoms with Crippen LogP contribution in [0.4, 0.5) is 5.69 Å². The van der Waals surface area contributed by atoms with Gasteiger partial charge in [0.15, 0.2) is 0 Å². The van der Waals surface area contributed by atoms with Crippen LogP contribution >= 0.6 is 0 Å². The number of ether oxygens (including phenoxy) is 1. The van der Waals surface area contributed by atoms with Crippen molar-refractivity contribution in [3.63, 3.8) is 0 Å². The van der Waals surface area contributed by atoms with Gasteiger partial charge in [0, 0.05) is 23.6 Å². The molecule has 4 heteroatoms. The lowest BCUT2D eigenvalue weighted by molar-refractivity contribution is -0.119. The molecule has 1 N–H and O–H groups in total. The molecule has 2 aliphatic rings. The van der Waals surface area contributed by atoms with E-state index in [1.54, 1.807) is 18.5 Å². The first kappa shape index (κ1) is 9.65. The van der Waals surface area contributed by atoms with Crippen molar-refractivity contribution in [3.05, 3.63) is 53.9 Å². The zero-order valence-electron chi connectivity index (χ0n) is 9.51. The van der Waals surface area contributed by atoms with Gasteiger partial charge in [-0.15, -0.1) is 0 Å². The fourth-order valence-electron chi connectivity index (χ4n) is 2.82. The highest BCUT2D eigenvalue weighted by Crippen LogP contribution is 2.49. The molecule has 1 unspecified atom stereocenters. The summed E-state index contributed by atoms with van der Waals surface area (Å²) in [6, 6.07) is 9.54. The summed E-state index contributed by atoms with van der Waals surface area (Å²) in [6.07, 6.45) is 3.40. The van der Waals surface area contributed by atoms with Crippen molar-refractivity contribution in [2.24, 2.45) is 0 Å². The summed E-state index contributed by atoms with van der Waals surface area (Å²) in [4.78, 5) is 16.5. The number of hydrogen-bond donors (Lipinski definition) is 1. The number of nitrogens with one attached hydrogen (secondary N) is 1. The summed E-state index contributed by atoms with van der Waals surface area (Å²) < 4.78 is 5.66. The summed E-state index contributed by atoms with van der Waals surface area (Å²) in [7, 11) is 0. The maximum Gasteiger partial charge on any atom is 0.243 e. The van der Waals surface area contributed by atoms with Gasteiger partial charge in [-0.05, 0) is 17.7 Å². The second kappa shape index (κ2) is 3.10. The Balaban J connectivity index is 2.04. The van der Waals surface area contributed by atoms with Crippen molar-refractivity contribution in [2.45, 2.75) is 5.41 Å². The smallest absolute Gasteiger partial charge is 0.243 e. The number of benzene rings is 1. The minimum absolute atomic E-state index is 0.0320. The average molecular weight is 238 g/mol. The molecule has 1 atom stereocenters. The first-order valence-corrected chi connectivity index (χ1v) is 5.80. The molecule has 3 heterocycles. The van der Waals surface area contributed by atoms with Crippen LogP contribution in [-0.4, -0.2) is 17.5 Å². The average Bonchev–Trinajstić information content (AvgIpc) is 2.92. The van der Waals surface area contributed by atoms with Gasteiger partial charge in [-0.1, -0.05) is 18.2 Å². The van der Waals surface area contributed by atoms with Crippen LogP contribution < -0.4 is 10.1 Å². The fourth-order valence-corrected chi connectivity index (χ4v) is 2.82. The molecule has 2 aliphatic heterocycles. The Morgan fingerprint density at radius 1 is 1.22 bits per heavy atom. The zero-order valence-corrected chi connectivity index (χ0v) is 9.51. The predicted octanol–water partition coefficient (Wildman–Crippen LogP) is 1.71. The molecule has 1 aromatic heterocycles. The Labute approximate surface area is 104 Å². The van der Waals surface area contributed by atoms with Gasteiger partial charge in [0.05, 0.1) is 0 Å². The molecule has 1 aromatic carbocycles. The normalized spacial score (nSPS) is 23.4. The summed E-state index contributed by atoms with van der Waals surface area (Å²) in [6.45, 7) is 0.344. The highest BCUT2D eigenvalue weighted by atomic mass is 16.5. The number of amides is 1. The molecule has 1 spiro atoms. The third kappa shape index (κ3) is 0.960. The maximum atomic E-state index is 12.4. The van der Waals surface area contributed by atoms with Crippen LogP contribution in [0.2, 0.25) is 0 Å². The van der Waals surface area contributed by atoms with E-state index in [0.29, 0.717) is 6.61 Å². The Hall–Kier alpha value is -2.36. The summed E-state index contributed by atoms with van der Waals surface area (Å²) in [5.74, 6) is 0.715. The molecular weight excluding hydrogens is 228 g/mol. The van der Waals surface area contributed by atoms with Crippen molar-refractivity contribution >= 4 is 11.6 Å². The second-order valence-corrected chi connectivity index (χ2v) is 4.57. The second-order valence-electron chi connectivity index (χ2n) is 4.57. The van der Waals surface area contributed by atoms with E-state index in [2.05, 4.69) is 10.3 Å². The largest absolute Gasteiger partial charge is 0.491 e. The third-order valence-corrected chi connectivity index (χ3v) is 3.71. The lowest BCUT2D eigenvalue weighted by Crippen LogP contribution is -2.37. The molecule has 0 radical (unpaired) electrons. The molecule has 18 heavy (non-hydrogen) atoms. The maximum absolute atomic E-state index is 12.4. The Bertz CT molecular complexity index is 655. The van der Waals surface area contributed by atoms with Crippen LogP contribution in [0.15, 0.2) is 42.7 Å². The van der Waals surface area contributed by atoms with Gasteiger partial charge in [0.25, 0.3) is 0 Å². The van der Waals surface area contributed by atoms with Gasteiger partial charge >= 0.3 is 0 Å². The summed E-state index contributed by atoms with van der Waals surface area (Å²) in [5.41, 5.74) is 1.97. The van der Waals surface area contributed by atoms with E-state index in [4.69, 9.17) is 4.74 Å². The van der Waals surface area contributed by atoms with Gasteiger partial charge in [-0.3, -0.25) is 9.78 Å². The molecule has 0 saturated heterocycles. The van der Waals surface area contributed by atoms with Crippen molar-refractivity contribution in [1.82, 2.24) is 4.98 Å². The van der Waals surface area contributed by atoms with E-state index >= 15 is 0 Å². The van der Waals surface area contributed by atoms with Crippen molar-refractivity contribution in [2.75, 3.05) is 11.9 Å². The highest BCUT2D eigenvalue weighted by Gasteiger charge is 2.53. The molecule has 0 aliphatic carbocycles. The van der Waals surface area contributed by atoms with Crippen molar-refractivity contribution in [3.8, 4) is 5.75 Å². The molecule has 2 aromatic rings. The number of nitrogens with zero attached hydrogens (tertiary/aromatic N) is 1. The Morgan fingerprint density at radius 2 is 2.11 bits per heavy atom. The minimum Gasteiger partial charge on any atom is -0.491 e. The van der Waals surface area contributed by atoms with Gasteiger partial charge in [0.2, 0.25) is 5.91 Å². The van der Waals surface area contributed by atoms with Crippen molar-refractivity contribution in [1.29, 1.82) is 0 Å². The van der Waals surface area contributed by atoms with E-state index in [0.717, 1.165) is 22.6 Å². The first-order valence-electron chi connectivity index (χ1n) is 5.80. The zero-order chi connectivity index (χ0) is 12.2. The summed E-state index contributed by atoms with van der Waals surface area (Å²) in [5, 5.41) is 2.92. The SMILES string of the molecule is O=C1Nc2ccccc2C12COc1ccncc12. The van der Waals surface area contributed by atoms with Crippen LogP contribution in [0.5, 0.6) is 5.75 Å². The van der Waals surface area contributed by atoms with Crippen LogP contribution in [0.1, 0.15) is 11.1 Å². The lowest BCUT2D eigenvalue weighted by atomic mass is 9.78. The Morgan fingerprint density at radius 3 is 3.06 bits per heavy atom. The molecule has 0 bridgehead atoms. The topological polar surface area (TPSA) is 51.2 Å². The van der Waals surface area contributed by atoms with Crippen LogP contribution in [0.25, 0.3) is 0 Å². The van der Waals surface area contributed by atoms with Crippen molar-refractivity contribution < 1.29 is 9.53 Å². The van der Waals surface area contributed by atoms with Gasteiger partial charge in [-0.25, -0.2) is 0 Å². The number of fused-ring (bicyclic) bond motifs is 4. The highest BCUT2D eigenvalue weighted by molar-refractivity contribution is 6.09. The van der Waals surface area contributed by atoms with Crippen LogP contribution in [-0.2, 0) is 10.2 Å². The minimum atomic E-state index is -0.722. The molecule has 4 nitrogen and oxygen atoms in total. The number of pyridine rings is 1. The van der Waals surface area contributed by atoms with Crippen LogP contribution in [0.3, 0.4) is 0 Å². The predicted molar refractivity (Wildman–Crippen MR) is 65.6 cm³/mol. The van der Waals surface area contributed by atoms with E-state index in [1.165, 1.54) is 0 Å². The first-order chi connectivity index (χ1) is 8.82. The number of aromatic nitrogens is 1. The van der Waals surface area contributed by atoms with E-state index < -0.39 is 5.41 Å². The fraction of sp³-hybridized carbons (Fsp3) is 0.143. The van der Waals surface area contributed by atoms with Gasteiger partial charge in [-0.2, -0.15) is 0 Å². The number of carbonyl (C=O) groups is 1. The van der Waals surface area contributed by atoms with E-state index in [1.807, 2.05) is 24.3 Å². The molecule has 1 amide bonds. The Kier molecular flexibility index (Phi) is 1.66. The lowest BCUT2D eigenvalue weighted by Gasteiger charge is -2.19. The van der Waals surface area contributed by atoms with E-state index in [-0.39, 0.29) is 5.91 Å². The quantitative estimate of drug-likeness (QED) is 0.760. The molecular formula is C14H10N2O2. The molecule has 88 valence electrons. The molecule has 0 saturated carbocycles. The number of carbonyl (C=O) groups excluding carboxylic acids is 1. The number of hydrogen-bond acceptors (Lipinski definition) is 3. The van der Waals surface area contributed by atoms with Crippen LogP contribution in [0, 0.1) is 0 Å². The monoisotopic (exact) mass is 238 g/mol. The van der Waals surface area contributed by atoms with Gasteiger partial charge < -0.3 is 10.1 Å². The van der Waals surface area contributed by atoms with E-state index in [9.17, 15) is 4.79 Å². The number of rotatable bonds is 0. The number of para-hydroxylation sites is 1. The third-order valence-electron chi connectivity index (χ3n) is 3.71. The number of anilines is 1. The summed E-state index contributed by atoms with van der Waals surface area (Å²) >= 11 is 0.